The topological polar surface area (TPSA) is 74.4 Å². The zero-order chi connectivity index (χ0) is 13.0. The van der Waals surface area contributed by atoms with E-state index in [1.54, 1.807) is 23.8 Å². The summed E-state index contributed by atoms with van der Waals surface area (Å²) in [4.78, 5) is 16.5. The zero-order valence-corrected chi connectivity index (χ0v) is 10.6. The van der Waals surface area contributed by atoms with E-state index in [9.17, 15) is 4.79 Å². The van der Waals surface area contributed by atoms with E-state index in [1.165, 1.54) is 24.5 Å². The number of hydrogen-bond donors (Lipinski definition) is 1. The van der Waals surface area contributed by atoms with Crippen molar-refractivity contribution in [2.75, 3.05) is 12.8 Å². The second-order valence-corrected chi connectivity index (χ2v) is 4.47. The lowest BCUT2D eigenvalue weighted by atomic mass is 10.2. The number of nitrogen functional groups attached to an aromatic ring is 1. The first kappa shape index (κ1) is 12.4. The zero-order valence-electron chi connectivity index (χ0n) is 9.75. The summed E-state index contributed by atoms with van der Waals surface area (Å²) >= 11 is 1.49. The Kier molecular flexibility index (Phi) is 3.78. The van der Waals surface area contributed by atoms with Crippen LogP contribution in [0.2, 0.25) is 0 Å². The Balaban J connectivity index is 2.18. The maximum Gasteiger partial charge on any atom is 0.341 e. The number of ether oxygens (including phenoxy) is 2. The highest BCUT2D eigenvalue weighted by Gasteiger charge is 2.13. The van der Waals surface area contributed by atoms with Gasteiger partial charge in [-0.05, 0) is 18.2 Å². The summed E-state index contributed by atoms with van der Waals surface area (Å²) in [6.07, 6.45) is 1.72. The minimum atomic E-state index is -0.471. The molecule has 0 atom stereocenters. The lowest BCUT2D eigenvalue weighted by Gasteiger charge is -2.09. The Morgan fingerprint density at radius 3 is 3.00 bits per heavy atom. The molecule has 5 nitrogen and oxygen atoms in total. The van der Waals surface area contributed by atoms with E-state index in [1.807, 2.05) is 0 Å². The minimum absolute atomic E-state index is 0.321. The molecule has 0 saturated heterocycles. The van der Waals surface area contributed by atoms with Crippen molar-refractivity contribution >= 4 is 23.0 Å². The van der Waals surface area contributed by atoms with Crippen molar-refractivity contribution in [2.45, 2.75) is 6.61 Å². The molecule has 0 radical (unpaired) electrons. The second kappa shape index (κ2) is 5.50. The number of benzene rings is 1. The van der Waals surface area contributed by atoms with Gasteiger partial charge in [0.1, 0.15) is 17.9 Å². The third-order valence-electron chi connectivity index (χ3n) is 2.26. The van der Waals surface area contributed by atoms with Gasteiger partial charge in [-0.3, -0.25) is 4.98 Å². The fourth-order valence-electron chi connectivity index (χ4n) is 1.41. The van der Waals surface area contributed by atoms with Gasteiger partial charge in [-0.1, -0.05) is 0 Å². The van der Waals surface area contributed by atoms with Crippen molar-refractivity contribution in [1.82, 2.24) is 4.98 Å². The SMILES string of the molecule is COC(=O)c1cc(N)ccc1OCc1cncs1. The van der Waals surface area contributed by atoms with Crippen molar-refractivity contribution < 1.29 is 14.3 Å². The molecular formula is C12H12N2O3S. The quantitative estimate of drug-likeness (QED) is 0.676. The number of rotatable bonds is 4. The number of thiazole rings is 1. The smallest absolute Gasteiger partial charge is 0.341 e. The van der Waals surface area contributed by atoms with E-state index in [4.69, 9.17) is 10.5 Å². The Morgan fingerprint density at radius 2 is 2.33 bits per heavy atom. The molecule has 0 saturated carbocycles. The van der Waals surface area contributed by atoms with Crippen LogP contribution in [-0.2, 0) is 11.3 Å². The standard InChI is InChI=1S/C12H12N2O3S/c1-16-12(15)10-4-8(13)2-3-11(10)17-6-9-5-14-7-18-9/h2-5,7H,6,13H2,1H3. The van der Waals surface area contributed by atoms with Crippen LogP contribution in [0.15, 0.2) is 29.9 Å². The normalized spacial score (nSPS) is 10.1. The second-order valence-electron chi connectivity index (χ2n) is 3.50. The summed E-state index contributed by atoms with van der Waals surface area (Å²) in [6.45, 7) is 0.360. The first-order valence-corrected chi connectivity index (χ1v) is 6.06. The first-order valence-electron chi connectivity index (χ1n) is 5.18. The predicted octanol–water partition coefficient (Wildman–Crippen LogP) is 2.09. The van der Waals surface area contributed by atoms with Gasteiger partial charge in [0.15, 0.2) is 0 Å². The Morgan fingerprint density at radius 1 is 1.50 bits per heavy atom. The van der Waals surface area contributed by atoms with Crippen molar-refractivity contribution in [1.29, 1.82) is 0 Å². The highest BCUT2D eigenvalue weighted by molar-refractivity contribution is 7.09. The van der Waals surface area contributed by atoms with Gasteiger partial charge in [0.25, 0.3) is 0 Å². The summed E-state index contributed by atoms with van der Waals surface area (Å²) in [5, 5.41) is 0. The molecule has 0 aliphatic heterocycles. The van der Waals surface area contributed by atoms with Crippen molar-refractivity contribution in [2.24, 2.45) is 0 Å². The fourth-order valence-corrected chi connectivity index (χ4v) is 1.91. The van der Waals surface area contributed by atoms with E-state index in [2.05, 4.69) is 9.72 Å². The maximum absolute atomic E-state index is 11.6. The number of carbonyl (C=O) groups excluding carboxylic acids is 1. The van der Waals surface area contributed by atoms with Crippen LogP contribution in [-0.4, -0.2) is 18.1 Å². The number of nitrogens with zero attached hydrogens (tertiary/aromatic N) is 1. The van der Waals surface area contributed by atoms with Crippen molar-refractivity contribution in [3.05, 3.63) is 40.3 Å². The lowest BCUT2D eigenvalue weighted by Crippen LogP contribution is -2.06. The molecule has 6 heteroatoms. The molecule has 1 heterocycles. The summed E-state index contributed by atoms with van der Waals surface area (Å²) in [5.41, 5.74) is 8.17. The van der Waals surface area contributed by atoms with Crippen LogP contribution in [0, 0.1) is 0 Å². The molecular weight excluding hydrogens is 252 g/mol. The van der Waals surface area contributed by atoms with E-state index >= 15 is 0 Å². The molecule has 0 aliphatic rings. The largest absolute Gasteiger partial charge is 0.487 e. The highest BCUT2D eigenvalue weighted by atomic mass is 32.1. The van der Waals surface area contributed by atoms with Crippen molar-refractivity contribution in [3.63, 3.8) is 0 Å². The van der Waals surface area contributed by atoms with Crippen LogP contribution in [0.1, 0.15) is 15.2 Å². The van der Waals surface area contributed by atoms with Crippen LogP contribution < -0.4 is 10.5 Å². The number of aromatic nitrogens is 1. The molecule has 94 valence electrons. The number of carbonyl (C=O) groups is 1. The van der Waals surface area contributed by atoms with Crippen LogP contribution >= 0.6 is 11.3 Å². The summed E-state index contributed by atoms with van der Waals surface area (Å²) in [5.74, 6) is -0.0222. The average molecular weight is 264 g/mol. The first-order chi connectivity index (χ1) is 8.70. The summed E-state index contributed by atoms with van der Waals surface area (Å²) in [7, 11) is 1.32. The van der Waals surface area contributed by atoms with Gasteiger partial charge in [0.05, 0.1) is 17.5 Å². The van der Waals surface area contributed by atoms with Gasteiger partial charge in [-0.25, -0.2) is 4.79 Å². The molecule has 2 aromatic rings. The van der Waals surface area contributed by atoms with Gasteiger partial charge < -0.3 is 15.2 Å². The molecule has 2 rings (SSSR count). The van der Waals surface area contributed by atoms with Crippen LogP contribution in [0.3, 0.4) is 0 Å². The predicted molar refractivity (Wildman–Crippen MR) is 68.6 cm³/mol. The van der Waals surface area contributed by atoms with Gasteiger partial charge in [-0.15, -0.1) is 11.3 Å². The Hall–Kier alpha value is -2.08. The number of methoxy groups -OCH3 is 1. The molecule has 0 bridgehead atoms. The number of anilines is 1. The molecule has 0 amide bonds. The van der Waals surface area contributed by atoms with Crippen LogP contribution in [0.25, 0.3) is 0 Å². The molecule has 2 N–H and O–H groups in total. The monoisotopic (exact) mass is 264 g/mol. The molecule has 1 aromatic heterocycles. The summed E-state index contributed by atoms with van der Waals surface area (Å²) < 4.78 is 10.3. The highest BCUT2D eigenvalue weighted by Crippen LogP contribution is 2.23. The van der Waals surface area contributed by atoms with Gasteiger partial charge >= 0.3 is 5.97 Å². The molecule has 0 fully saturated rings. The number of nitrogens with two attached hydrogens (primary N) is 1. The van der Waals surface area contributed by atoms with E-state index < -0.39 is 5.97 Å². The number of esters is 1. The van der Waals surface area contributed by atoms with Gasteiger partial charge in [0.2, 0.25) is 0 Å². The number of hydrogen-bond acceptors (Lipinski definition) is 6. The minimum Gasteiger partial charge on any atom is -0.487 e. The maximum atomic E-state index is 11.6. The fraction of sp³-hybridized carbons (Fsp3) is 0.167. The Bertz CT molecular complexity index is 540. The molecule has 0 unspecified atom stereocenters. The lowest BCUT2D eigenvalue weighted by molar-refractivity contribution is 0.0595. The van der Waals surface area contributed by atoms with E-state index in [0.29, 0.717) is 23.6 Å². The van der Waals surface area contributed by atoms with E-state index in [0.717, 1.165) is 4.88 Å². The van der Waals surface area contributed by atoms with E-state index in [-0.39, 0.29) is 0 Å². The Labute approximate surface area is 108 Å². The molecule has 0 aliphatic carbocycles. The van der Waals surface area contributed by atoms with Crippen LogP contribution in [0.4, 0.5) is 5.69 Å². The molecule has 1 aromatic carbocycles. The third kappa shape index (κ3) is 2.78. The summed E-state index contributed by atoms with van der Waals surface area (Å²) in [6, 6.07) is 4.87. The van der Waals surface area contributed by atoms with Crippen LogP contribution in [0.5, 0.6) is 5.75 Å². The average Bonchev–Trinajstić information content (AvgIpc) is 2.89. The molecule has 0 spiro atoms. The van der Waals surface area contributed by atoms with Gasteiger partial charge in [0, 0.05) is 11.9 Å². The third-order valence-corrected chi connectivity index (χ3v) is 3.02. The van der Waals surface area contributed by atoms with Crippen molar-refractivity contribution in [3.8, 4) is 5.75 Å². The molecule has 18 heavy (non-hydrogen) atoms. The van der Waals surface area contributed by atoms with Gasteiger partial charge in [-0.2, -0.15) is 0 Å².